The highest BCUT2D eigenvalue weighted by molar-refractivity contribution is 5.94. The SMILES string of the molecule is CCc1cccc(NC(=O)NC2(C(=O)O)CCCC2)c1. The van der Waals surface area contributed by atoms with Crippen molar-refractivity contribution in [2.45, 2.75) is 44.6 Å². The number of amides is 2. The van der Waals surface area contributed by atoms with Gasteiger partial charge in [-0.2, -0.15) is 0 Å². The largest absolute Gasteiger partial charge is 0.480 e. The number of aryl methyl sites for hydroxylation is 1. The summed E-state index contributed by atoms with van der Waals surface area (Å²) in [4.78, 5) is 23.4. The van der Waals surface area contributed by atoms with Crippen LogP contribution in [0.3, 0.4) is 0 Å². The normalized spacial score (nSPS) is 16.6. The second kappa shape index (κ2) is 5.94. The summed E-state index contributed by atoms with van der Waals surface area (Å²) in [6.07, 6.45) is 3.53. The Morgan fingerprint density at radius 2 is 2.00 bits per heavy atom. The van der Waals surface area contributed by atoms with Crippen molar-refractivity contribution < 1.29 is 14.7 Å². The number of carboxylic acid groups (broad SMARTS) is 1. The molecule has 1 aliphatic rings. The van der Waals surface area contributed by atoms with Crippen LogP contribution in [0.15, 0.2) is 24.3 Å². The van der Waals surface area contributed by atoms with E-state index in [4.69, 9.17) is 0 Å². The predicted octanol–water partition coefficient (Wildman–Crippen LogP) is 2.77. The third kappa shape index (κ3) is 3.10. The number of hydrogen-bond donors (Lipinski definition) is 3. The van der Waals surface area contributed by atoms with Gasteiger partial charge in [0.1, 0.15) is 5.54 Å². The van der Waals surface area contributed by atoms with E-state index in [-0.39, 0.29) is 0 Å². The molecular weight excluding hydrogens is 256 g/mol. The summed E-state index contributed by atoms with van der Waals surface area (Å²) in [5, 5.41) is 14.7. The Bertz CT molecular complexity index is 508. The number of nitrogens with one attached hydrogen (secondary N) is 2. The maximum absolute atomic E-state index is 12.0. The molecule has 2 rings (SSSR count). The zero-order chi connectivity index (χ0) is 14.6. The van der Waals surface area contributed by atoms with Gasteiger partial charge in [-0.05, 0) is 37.0 Å². The predicted molar refractivity (Wildman–Crippen MR) is 76.8 cm³/mol. The van der Waals surface area contributed by atoms with Crippen molar-refractivity contribution >= 4 is 17.7 Å². The maximum Gasteiger partial charge on any atom is 0.329 e. The van der Waals surface area contributed by atoms with Crippen molar-refractivity contribution in [3.63, 3.8) is 0 Å². The van der Waals surface area contributed by atoms with Gasteiger partial charge in [-0.3, -0.25) is 0 Å². The molecule has 5 heteroatoms. The Morgan fingerprint density at radius 3 is 2.60 bits per heavy atom. The number of carboxylic acids is 1. The first-order chi connectivity index (χ1) is 9.55. The molecule has 20 heavy (non-hydrogen) atoms. The van der Waals surface area contributed by atoms with E-state index in [0.717, 1.165) is 24.8 Å². The summed E-state index contributed by atoms with van der Waals surface area (Å²) in [7, 11) is 0. The van der Waals surface area contributed by atoms with Gasteiger partial charge in [0, 0.05) is 5.69 Å². The summed E-state index contributed by atoms with van der Waals surface area (Å²) in [5.74, 6) is -0.951. The van der Waals surface area contributed by atoms with Gasteiger partial charge < -0.3 is 15.7 Å². The molecule has 0 unspecified atom stereocenters. The minimum absolute atomic E-state index is 0.456. The fraction of sp³-hybridized carbons (Fsp3) is 0.467. The van der Waals surface area contributed by atoms with Gasteiger partial charge in [-0.1, -0.05) is 31.9 Å². The maximum atomic E-state index is 12.0. The van der Waals surface area contributed by atoms with Gasteiger partial charge in [0.05, 0.1) is 0 Å². The van der Waals surface area contributed by atoms with Crippen LogP contribution < -0.4 is 10.6 Å². The van der Waals surface area contributed by atoms with Crippen LogP contribution in [-0.2, 0) is 11.2 Å². The van der Waals surface area contributed by atoms with Crippen LogP contribution >= 0.6 is 0 Å². The number of benzene rings is 1. The van der Waals surface area contributed by atoms with Gasteiger partial charge >= 0.3 is 12.0 Å². The Labute approximate surface area is 118 Å². The second-order valence-corrected chi connectivity index (χ2v) is 5.23. The summed E-state index contributed by atoms with van der Waals surface area (Å²) in [6.45, 7) is 2.04. The Morgan fingerprint density at radius 1 is 1.30 bits per heavy atom. The molecule has 1 aliphatic carbocycles. The molecule has 0 saturated heterocycles. The van der Waals surface area contributed by atoms with E-state index in [1.165, 1.54) is 0 Å². The third-order valence-electron chi connectivity index (χ3n) is 3.81. The highest BCUT2D eigenvalue weighted by Crippen LogP contribution is 2.30. The Kier molecular flexibility index (Phi) is 4.27. The monoisotopic (exact) mass is 276 g/mol. The third-order valence-corrected chi connectivity index (χ3v) is 3.81. The van der Waals surface area contributed by atoms with Crippen molar-refractivity contribution in [3.05, 3.63) is 29.8 Å². The molecule has 108 valence electrons. The molecule has 5 nitrogen and oxygen atoms in total. The van der Waals surface area contributed by atoms with Crippen molar-refractivity contribution in [3.8, 4) is 0 Å². The summed E-state index contributed by atoms with van der Waals surface area (Å²) >= 11 is 0. The van der Waals surface area contributed by atoms with E-state index >= 15 is 0 Å². The molecule has 2 amide bonds. The van der Waals surface area contributed by atoms with Gasteiger partial charge in [-0.25, -0.2) is 9.59 Å². The van der Waals surface area contributed by atoms with Crippen LogP contribution in [0, 0.1) is 0 Å². The lowest BCUT2D eigenvalue weighted by atomic mass is 9.98. The zero-order valence-electron chi connectivity index (χ0n) is 11.6. The van der Waals surface area contributed by atoms with Crippen molar-refractivity contribution in [1.29, 1.82) is 0 Å². The lowest BCUT2D eigenvalue weighted by Crippen LogP contribution is -2.53. The molecule has 0 bridgehead atoms. The standard InChI is InChI=1S/C15H20N2O3/c1-2-11-6-5-7-12(10-11)16-14(20)17-15(13(18)19)8-3-4-9-15/h5-7,10H,2-4,8-9H2,1H3,(H,18,19)(H2,16,17,20). The first-order valence-corrected chi connectivity index (χ1v) is 6.97. The average molecular weight is 276 g/mol. The topological polar surface area (TPSA) is 78.4 Å². The highest BCUT2D eigenvalue weighted by atomic mass is 16.4. The van der Waals surface area contributed by atoms with E-state index in [1.807, 2.05) is 25.1 Å². The molecule has 0 spiro atoms. The first-order valence-electron chi connectivity index (χ1n) is 6.97. The van der Waals surface area contributed by atoms with Crippen LogP contribution in [0.25, 0.3) is 0 Å². The number of urea groups is 1. The lowest BCUT2D eigenvalue weighted by molar-refractivity contribution is -0.144. The van der Waals surface area contributed by atoms with E-state index in [1.54, 1.807) is 6.07 Å². The quantitative estimate of drug-likeness (QED) is 0.791. The fourth-order valence-corrected chi connectivity index (χ4v) is 2.62. The van der Waals surface area contributed by atoms with Gasteiger partial charge in [0.15, 0.2) is 0 Å². The van der Waals surface area contributed by atoms with Crippen LogP contribution in [-0.4, -0.2) is 22.6 Å². The molecule has 1 fully saturated rings. The number of carbonyl (C=O) groups is 2. The molecule has 0 aliphatic heterocycles. The Balaban J connectivity index is 2.02. The molecular formula is C15H20N2O3. The molecule has 1 aromatic carbocycles. The number of anilines is 1. The smallest absolute Gasteiger partial charge is 0.329 e. The van der Waals surface area contributed by atoms with Crippen LogP contribution in [0.5, 0.6) is 0 Å². The molecule has 1 aromatic rings. The van der Waals surface area contributed by atoms with E-state index in [0.29, 0.717) is 18.5 Å². The molecule has 1 saturated carbocycles. The van der Waals surface area contributed by atoms with Crippen molar-refractivity contribution in [2.24, 2.45) is 0 Å². The van der Waals surface area contributed by atoms with Crippen LogP contribution in [0.4, 0.5) is 10.5 Å². The lowest BCUT2D eigenvalue weighted by Gasteiger charge is -2.25. The first kappa shape index (κ1) is 14.4. The number of rotatable bonds is 4. The van der Waals surface area contributed by atoms with Crippen LogP contribution in [0.2, 0.25) is 0 Å². The number of hydrogen-bond acceptors (Lipinski definition) is 2. The average Bonchev–Trinajstić information content (AvgIpc) is 2.88. The summed E-state index contributed by atoms with van der Waals surface area (Å²) < 4.78 is 0. The second-order valence-electron chi connectivity index (χ2n) is 5.23. The summed E-state index contributed by atoms with van der Waals surface area (Å²) in [6, 6.07) is 7.08. The number of carbonyl (C=O) groups excluding carboxylic acids is 1. The van der Waals surface area contributed by atoms with Gasteiger partial charge in [-0.15, -0.1) is 0 Å². The van der Waals surface area contributed by atoms with E-state index in [2.05, 4.69) is 10.6 Å². The Hall–Kier alpha value is -2.04. The highest BCUT2D eigenvalue weighted by Gasteiger charge is 2.42. The van der Waals surface area contributed by atoms with Gasteiger partial charge in [0.25, 0.3) is 0 Å². The fourth-order valence-electron chi connectivity index (χ4n) is 2.62. The minimum atomic E-state index is -1.10. The zero-order valence-corrected chi connectivity index (χ0v) is 11.6. The van der Waals surface area contributed by atoms with Crippen molar-refractivity contribution in [1.82, 2.24) is 5.32 Å². The molecule has 0 radical (unpaired) electrons. The van der Waals surface area contributed by atoms with E-state index in [9.17, 15) is 14.7 Å². The summed E-state index contributed by atoms with van der Waals surface area (Å²) in [5.41, 5.74) is 0.698. The number of aliphatic carboxylic acids is 1. The molecule has 0 aromatic heterocycles. The molecule has 3 N–H and O–H groups in total. The van der Waals surface area contributed by atoms with Crippen molar-refractivity contribution in [2.75, 3.05) is 5.32 Å². The molecule has 0 atom stereocenters. The van der Waals surface area contributed by atoms with Crippen LogP contribution in [0.1, 0.15) is 38.2 Å². The minimum Gasteiger partial charge on any atom is -0.480 e. The van der Waals surface area contributed by atoms with E-state index < -0.39 is 17.5 Å². The molecule has 0 heterocycles. The van der Waals surface area contributed by atoms with Gasteiger partial charge in [0.2, 0.25) is 0 Å².